The van der Waals surface area contributed by atoms with Crippen molar-refractivity contribution in [2.24, 2.45) is 0 Å². The molecule has 25 heavy (non-hydrogen) atoms. The normalized spacial score (nSPS) is 11.0. The second-order valence-corrected chi connectivity index (χ2v) is 6.00. The third-order valence-electron chi connectivity index (χ3n) is 4.27. The van der Waals surface area contributed by atoms with Crippen LogP contribution >= 0.6 is 0 Å². The molecule has 124 valence electrons. The van der Waals surface area contributed by atoms with Crippen LogP contribution in [0.5, 0.6) is 5.75 Å². The lowest BCUT2D eigenvalue weighted by atomic mass is 10.1. The summed E-state index contributed by atoms with van der Waals surface area (Å²) >= 11 is 0. The van der Waals surface area contributed by atoms with Crippen molar-refractivity contribution in [2.75, 3.05) is 11.9 Å². The highest BCUT2D eigenvalue weighted by molar-refractivity contribution is 5.83. The molecule has 0 aliphatic carbocycles. The van der Waals surface area contributed by atoms with Gasteiger partial charge in [0.05, 0.1) is 11.9 Å². The second kappa shape index (κ2) is 5.94. The highest BCUT2D eigenvalue weighted by atomic mass is 16.3. The van der Waals surface area contributed by atoms with Gasteiger partial charge in [0, 0.05) is 25.0 Å². The Hall–Kier alpha value is -3.34. The van der Waals surface area contributed by atoms with Crippen LogP contribution in [0.1, 0.15) is 5.56 Å². The largest absolute Gasteiger partial charge is 0.507 e. The van der Waals surface area contributed by atoms with E-state index >= 15 is 0 Å². The topological polar surface area (TPSA) is 53.7 Å². The minimum atomic E-state index is 0.212. The van der Waals surface area contributed by atoms with Gasteiger partial charge >= 0.3 is 0 Å². The van der Waals surface area contributed by atoms with Gasteiger partial charge in [0.1, 0.15) is 22.9 Å². The van der Waals surface area contributed by atoms with Gasteiger partial charge in [-0.15, -0.1) is 0 Å². The van der Waals surface area contributed by atoms with Gasteiger partial charge in [0.15, 0.2) is 0 Å². The summed E-state index contributed by atoms with van der Waals surface area (Å²) in [5, 5.41) is 10.3. The number of aromatic hydroxyl groups is 1. The smallest absolute Gasteiger partial charge is 0.145 e. The Labute approximate surface area is 145 Å². The minimum absolute atomic E-state index is 0.212. The van der Waals surface area contributed by atoms with Crippen LogP contribution in [-0.2, 0) is 0 Å². The van der Waals surface area contributed by atoms with E-state index in [1.807, 2.05) is 78.1 Å². The van der Waals surface area contributed by atoms with Crippen molar-refractivity contribution >= 4 is 17.2 Å². The molecular weight excluding hydrogens is 312 g/mol. The van der Waals surface area contributed by atoms with Gasteiger partial charge in [0.25, 0.3) is 0 Å². The summed E-state index contributed by atoms with van der Waals surface area (Å²) in [4.78, 5) is 11.0. The van der Waals surface area contributed by atoms with Gasteiger partial charge in [-0.2, -0.15) is 0 Å². The molecule has 0 atom stereocenters. The van der Waals surface area contributed by atoms with Gasteiger partial charge in [-0.3, -0.25) is 9.38 Å². The fourth-order valence-electron chi connectivity index (χ4n) is 2.98. The number of rotatable bonds is 3. The number of pyridine rings is 2. The minimum Gasteiger partial charge on any atom is -0.507 e. The molecule has 1 aromatic carbocycles. The molecule has 1 N–H and O–H groups in total. The first-order valence-electron chi connectivity index (χ1n) is 8.06. The average molecular weight is 330 g/mol. The molecule has 0 bridgehead atoms. The third-order valence-corrected chi connectivity index (χ3v) is 4.27. The molecule has 0 saturated heterocycles. The summed E-state index contributed by atoms with van der Waals surface area (Å²) in [5.74, 6) is 1.09. The van der Waals surface area contributed by atoms with E-state index in [0.29, 0.717) is 5.56 Å². The van der Waals surface area contributed by atoms with E-state index in [2.05, 4.69) is 4.98 Å². The lowest BCUT2D eigenvalue weighted by molar-refractivity contribution is 0.477. The predicted octanol–water partition coefficient (Wildman–Crippen LogP) is 4.18. The third kappa shape index (κ3) is 2.59. The SMILES string of the molecule is Cc1ccn2c(N(C)c3cccnc3)c(-c3ccccc3O)nc2c1. The molecule has 0 spiro atoms. The summed E-state index contributed by atoms with van der Waals surface area (Å²) in [6.45, 7) is 2.04. The van der Waals surface area contributed by atoms with E-state index in [9.17, 15) is 5.11 Å². The van der Waals surface area contributed by atoms with Crippen molar-refractivity contribution in [2.45, 2.75) is 6.92 Å². The number of benzene rings is 1. The van der Waals surface area contributed by atoms with Crippen molar-refractivity contribution in [1.29, 1.82) is 0 Å². The maximum Gasteiger partial charge on any atom is 0.145 e. The molecule has 5 heteroatoms. The summed E-state index contributed by atoms with van der Waals surface area (Å²) in [5.41, 5.74) is 4.35. The van der Waals surface area contributed by atoms with E-state index in [1.54, 1.807) is 12.3 Å². The number of hydrogen-bond donors (Lipinski definition) is 1. The van der Waals surface area contributed by atoms with E-state index in [-0.39, 0.29) is 5.75 Å². The number of aromatic nitrogens is 3. The zero-order chi connectivity index (χ0) is 17.4. The van der Waals surface area contributed by atoms with E-state index in [4.69, 9.17) is 4.98 Å². The van der Waals surface area contributed by atoms with Crippen LogP contribution in [-0.4, -0.2) is 26.5 Å². The van der Waals surface area contributed by atoms with Crippen molar-refractivity contribution in [3.8, 4) is 17.0 Å². The Balaban J connectivity index is 2.01. The predicted molar refractivity (Wildman–Crippen MR) is 99.3 cm³/mol. The van der Waals surface area contributed by atoms with Crippen LogP contribution in [0.2, 0.25) is 0 Å². The molecule has 4 rings (SSSR count). The first-order chi connectivity index (χ1) is 12.1. The number of fused-ring (bicyclic) bond motifs is 1. The van der Waals surface area contributed by atoms with Gasteiger partial charge in [-0.05, 0) is 48.9 Å². The number of imidazole rings is 1. The molecule has 0 radical (unpaired) electrons. The molecule has 0 unspecified atom stereocenters. The van der Waals surface area contributed by atoms with Crippen molar-refractivity contribution in [3.63, 3.8) is 0 Å². The molecule has 0 fully saturated rings. The van der Waals surface area contributed by atoms with E-state index < -0.39 is 0 Å². The molecular formula is C20H18N4O. The van der Waals surface area contributed by atoms with Crippen molar-refractivity contribution in [1.82, 2.24) is 14.4 Å². The molecule has 3 aromatic heterocycles. The van der Waals surface area contributed by atoms with Crippen LogP contribution in [0, 0.1) is 6.92 Å². The maximum absolute atomic E-state index is 10.3. The van der Waals surface area contributed by atoms with Crippen LogP contribution in [0.4, 0.5) is 11.5 Å². The monoisotopic (exact) mass is 330 g/mol. The quantitative estimate of drug-likeness (QED) is 0.612. The van der Waals surface area contributed by atoms with Crippen LogP contribution in [0.15, 0.2) is 67.1 Å². The number of aryl methyl sites for hydroxylation is 1. The number of anilines is 2. The van der Waals surface area contributed by atoms with Gasteiger partial charge in [-0.25, -0.2) is 4.98 Å². The second-order valence-electron chi connectivity index (χ2n) is 6.00. The van der Waals surface area contributed by atoms with Crippen molar-refractivity contribution < 1.29 is 5.11 Å². The Bertz CT molecular complexity index is 1040. The Morgan fingerprint density at radius 3 is 2.68 bits per heavy atom. The summed E-state index contributed by atoms with van der Waals surface area (Å²) in [7, 11) is 1.98. The summed E-state index contributed by atoms with van der Waals surface area (Å²) < 4.78 is 2.03. The molecule has 5 nitrogen and oxygen atoms in total. The van der Waals surface area contributed by atoms with Gasteiger partial charge in [-0.1, -0.05) is 12.1 Å². The number of phenols is 1. The number of nitrogens with zero attached hydrogens (tertiary/aromatic N) is 4. The molecule has 0 aliphatic rings. The highest BCUT2D eigenvalue weighted by Crippen LogP contribution is 2.38. The zero-order valence-corrected chi connectivity index (χ0v) is 14.1. The first-order valence-corrected chi connectivity index (χ1v) is 8.06. The van der Waals surface area contributed by atoms with Crippen LogP contribution in [0.25, 0.3) is 16.9 Å². The molecule has 0 saturated carbocycles. The summed E-state index contributed by atoms with van der Waals surface area (Å²) in [6.07, 6.45) is 5.56. The Morgan fingerprint density at radius 2 is 1.92 bits per heavy atom. The Morgan fingerprint density at radius 1 is 1.08 bits per heavy atom. The van der Waals surface area contributed by atoms with Gasteiger partial charge < -0.3 is 10.0 Å². The van der Waals surface area contributed by atoms with E-state index in [1.165, 1.54) is 0 Å². The fourth-order valence-corrected chi connectivity index (χ4v) is 2.98. The number of para-hydroxylation sites is 1. The van der Waals surface area contributed by atoms with Crippen LogP contribution in [0.3, 0.4) is 0 Å². The maximum atomic E-state index is 10.3. The van der Waals surface area contributed by atoms with E-state index in [0.717, 1.165) is 28.4 Å². The summed E-state index contributed by atoms with van der Waals surface area (Å²) in [6, 6.07) is 15.2. The standard InChI is InChI=1S/C20H18N4O/c1-14-9-11-24-18(12-14)22-19(16-7-3-4-8-17(16)25)20(24)23(2)15-6-5-10-21-13-15/h3-13,25H,1-2H3. The lowest BCUT2D eigenvalue weighted by Gasteiger charge is -2.20. The fraction of sp³-hybridized carbons (Fsp3) is 0.100. The highest BCUT2D eigenvalue weighted by Gasteiger charge is 2.20. The number of phenolic OH excluding ortho intramolecular Hbond substituents is 1. The van der Waals surface area contributed by atoms with Gasteiger partial charge in [0.2, 0.25) is 0 Å². The molecule has 3 heterocycles. The molecule has 0 aliphatic heterocycles. The average Bonchev–Trinajstić information content (AvgIpc) is 3.00. The van der Waals surface area contributed by atoms with Crippen molar-refractivity contribution in [3.05, 3.63) is 72.7 Å². The van der Waals surface area contributed by atoms with Crippen LogP contribution < -0.4 is 4.90 Å². The number of hydrogen-bond acceptors (Lipinski definition) is 4. The first kappa shape index (κ1) is 15.2. The Kier molecular flexibility index (Phi) is 3.61. The molecule has 0 amide bonds. The zero-order valence-electron chi connectivity index (χ0n) is 14.1. The lowest BCUT2D eigenvalue weighted by Crippen LogP contribution is -2.13. The molecule has 4 aromatic rings.